The van der Waals surface area contributed by atoms with E-state index in [1.807, 2.05) is 0 Å². The Morgan fingerprint density at radius 1 is 0.383 bits per heavy atom. The summed E-state index contributed by atoms with van der Waals surface area (Å²) in [4.78, 5) is 25.3. The van der Waals surface area contributed by atoms with E-state index >= 15 is 0 Å². The molecule has 0 N–H and O–H groups in total. The zero-order valence-electron chi connectivity index (χ0n) is 39.2. The summed E-state index contributed by atoms with van der Waals surface area (Å²) in [6.45, 7) is 7.53. The lowest BCUT2D eigenvalue weighted by atomic mass is 10.1. The van der Waals surface area contributed by atoms with E-state index in [1.165, 1.54) is 70.6 Å². The van der Waals surface area contributed by atoms with E-state index in [2.05, 4.69) is 118 Å². The molecule has 0 aromatic carbocycles. The lowest BCUT2D eigenvalue weighted by Crippen LogP contribution is -2.30. The lowest BCUT2D eigenvalue weighted by Gasteiger charge is -2.18. The average Bonchev–Trinajstić information content (AvgIpc) is 3.25. The zero-order chi connectivity index (χ0) is 43.5. The minimum atomic E-state index is -0.566. The predicted octanol–water partition coefficient (Wildman–Crippen LogP) is 16.7. The quantitative estimate of drug-likeness (QED) is 0.0348. The molecule has 0 heterocycles. The first-order valence-corrected chi connectivity index (χ1v) is 24.8. The molecular formula is C55H92O5. The third-order valence-corrected chi connectivity index (χ3v) is 10.1. The van der Waals surface area contributed by atoms with Crippen molar-refractivity contribution in [2.45, 2.75) is 219 Å². The first-order valence-electron chi connectivity index (χ1n) is 24.8. The van der Waals surface area contributed by atoms with Gasteiger partial charge >= 0.3 is 11.9 Å². The maximum atomic E-state index is 12.7. The summed E-state index contributed by atoms with van der Waals surface area (Å²) in [5.74, 6) is -0.464. The maximum absolute atomic E-state index is 12.7. The van der Waals surface area contributed by atoms with E-state index in [-0.39, 0.29) is 25.2 Å². The molecule has 1 atom stereocenters. The van der Waals surface area contributed by atoms with Gasteiger partial charge < -0.3 is 14.2 Å². The van der Waals surface area contributed by atoms with Gasteiger partial charge in [-0.15, -0.1) is 0 Å². The van der Waals surface area contributed by atoms with Crippen molar-refractivity contribution in [1.82, 2.24) is 0 Å². The van der Waals surface area contributed by atoms with Gasteiger partial charge in [-0.1, -0.05) is 201 Å². The van der Waals surface area contributed by atoms with Gasteiger partial charge in [-0.25, -0.2) is 0 Å². The van der Waals surface area contributed by atoms with Gasteiger partial charge in [-0.2, -0.15) is 0 Å². The first kappa shape index (κ1) is 56.8. The highest BCUT2D eigenvalue weighted by Crippen LogP contribution is 2.13. The number of rotatable bonds is 44. The fraction of sp³-hybridized carbons (Fsp3) is 0.673. The van der Waals surface area contributed by atoms with Gasteiger partial charge in [0.05, 0.1) is 6.61 Å². The summed E-state index contributed by atoms with van der Waals surface area (Å²) in [6.07, 6.45) is 67.0. The Balaban J connectivity index is 4.32. The van der Waals surface area contributed by atoms with E-state index in [1.54, 1.807) is 0 Å². The van der Waals surface area contributed by atoms with Crippen LogP contribution in [0.3, 0.4) is 0 Å². The van der Waals surface area contributed by atoms with Gasteiger partial charge in [-0.3, -0.25) is 9.59 Å². The van der Waals surface area contributed by atoms with Gasteiger partial charge in [0.15, 0.2) is 6.10 Å². The van der Waals surface area contributed by atoms with Crippen molar-refractivity contribution >= 4 is 11.9 Å². The molecule has 60 heavy (non-hydrogen) atoms. The second-order valence-corrected chi connectivity index (χ2v) is 16.0. The molecule has 0 amide bonds. The van der Waals surface area contributed by atoms with Crippen LogP contribution in [0.1, 0.15) is 213 Å². The molecule has 0 aliphatic carbocycles. The molecule has 1 unspecified atom stereocenters. The molecule has 0 saturated heterocycles. The van der Waals surface area contributed by atoms with Gasteiger partial charge in [0.1, 0.15) is 6.61 Å². The topological polar surface area (TPSA) is 61.8 Å². The number of ether oxygens (including phenoxy) is 3. The molecule has 0 radical (unpaired) electrons. The summed E-state index contributed by atoms with van der Waals surface area (Å²) in [5, 5.41) is 0. The highest BCUT2D eigenvalue weighted by Gasteiger charge is 2.17. The minimum Gasteiger partial charge on any atom is -0.462 e. The van der Waals surface area contributed by atoms with Crippen LogP contribution < -0.4 is 0 Å². The first-order chi connectivity index (χ1) is 29.6. The molecule has 0 spiro atoms. The summed E-state index contributed by atoms with van der Waals surface area (Å²) in [6, 6.07) is 0. The highest BCUT2D eigenvalue weighted by atomic mass is 16.6. The van der Waals surface area contributed by atoms with Crippen molar-refractivity contribution in [2.24, 2.45) is 0 Å². The van der Waals surface area contributed by atoms with Gasteiger partial charge in [0, 0.05) is 19.4 Å². The summed E-state index contributed by atoms with van der Waals surface area (Å²) < 4.78 is 17.3. The van der Waals surface area contributed by atoms with E-state index in [0.717, 1.165) is 109 Å². The second-order valence-electron chi connectivity index (χ2n) is 16.0. The fourth-order valence-electron chi connectivity index (χ4n) is 6.49. The largest absolute Gasteiger partial charge is 0.462 e. The third-order valence-electron chi connectivity index (χ3n) is 10.1. The molecule has 0 rings (SSSR count). The normalized spacial score (nSPS) is 13.1. The maximum Gasteiger partial charge on any atom is 0.306 e. The highest BCUT2D eigenvalue weighted by molar-refractivity contribution is 5.70. The van der Waals surface area contributed by atoms with Crippen molar-refractivity contribution in [3.8, 4) is 0 Å². The van der Waals surface area contributed by atoms with Crippen molar-refractivity contribution in [1.29, 1.82) is 0 Å². The number of hydrogen-bond acceptors (Lipinski definition) is 5. The zero-order valence-corrected chi connectivity index (χ0v) is 39.2. The number of carbonyl (C=O) groups excluding carboxylic acids is 2. The third kappa shape index (κ3) is 47.5. The Kier molecular flexibility index (Phi) is 47.5. The molecule has 0 fully saturated rings. The number of carbonyl (C=O) groups is 2. The Bertz CT molecular complexity index is 1170. The number of allylic oxidation sites excluding steroid dienone is 16. The monoisotopic (exact) mass is 833 g/mol. The van der Waals surface area contributed by atoms with Gasteiger partial charge in [0.2, 0.25) is 0 Å². The van der Waals surface area contributed by atoms with Gasteiger partial charge in [0.25, 0.3) is 0 Å². The molecular weight excluding hydrogens is 741 g/mol. The van der Waals surface area contributed by atoms with Gasteiger partial charge in [-0.05, 0) is 96.3 Å². The predicted molar refractivity (Wildman–Crippen MR) is 260 cm³/mol. The van der Waals surface area contributed by atoms with Crippen molar-refractivity contribution in [2.75, 3.05) is 19.8 Å². The Morgan fingerprint density at radius 3 is 1.23 bits per heavy atom. The molecule has 0 bridgehead atoms. The number of hydrogen-bond donors (Lipinski definition) is 0. The van der Waals surface area contributed by atoms with Crippen LogP contribution in [0.15, 0.2) is 97.2 Å². The summed E-state index contributed by atoms with van der Waals surface area (Å²) in [5.41, 5.74) is 0. The fourth-order valence-corrected chi connectivity index (χ4v) is 6.49. The van der Waals surface area contributed by atoms with Crippen LogP contribution >= 0.6 is 0 Å². The standard InChI is InChI=1S/C55H92O5/c1-4-7-10-13-16-19-22-24-26-27-28-29-31-32-34-36-39-42-45-48-54(56)59-52-53(51-58-50-47-44-41-38-21-18-15-12-9-6-3)60-55(57)49-46-43-40-37-35-33-30-25-23-20-17-14-11-8-5-2/h7-8,10-11,16-17,19-20,24-26,28-30,35,37,53H,4-6,9,12-15,18,21-23,27,31-34,36,38-52H2,1-3H3/b10-7-,11-8-,19-16-,20-17-,26-24-,29-28-,30-25-,37-35-. The molecule has 0 aromatic rings. The second kappa shape index (κ2) is 50.2. The van der Waals surface area contributed by atoms with Crippen LogP contribution in [0.25, 0.3) is 0 Å². The average molecular weight is 833 g/mol. The Labute approximate surface area is 371 Å². The molecule has 342 valence electrons. The van der Waals surface area contributed by atoms with E-state index in [0.29, 0.717) is 19.4 Å². The summed E-state index contributed by atoms with van der Waals surface area (Å²) in [7, 11) is 0. The molecule has 5 heteroatoms. The molecule has 0 aliphatic rings. The van der Waals surface area contributed by atoms with E-state index in [9.17, 15) is 9.59 Å². The number of esters is 2. The van der Waals surface area contributed by atoms with Crippen LogP contribution in [0.2, 0.25) is 0 Å². The van der Waals surface area contributed by atoms with Crippen molar-refractivity contribution < 1.29 is 23.8 Å². The Morgan fingerprint density at radius 2 is 0.750 bits per heavy atom. The molecule has 5 nitrogen and oxygen atoms in total. The van der Waals surface area contributed by atoms with E-state index < -0.39 is 6.10 Å². The van der Waals surface area contributed by atoms with E-state index in [4.69, 9.17) is 14.2 Å². The lowest BCUT2D eigenvalue weighted by molar-refractivity contribution is -0.163. The molecule has 0 saturated carbocycles. The van der Waals surface area contributed by atoms with Crippen LogP contribution in [0.4, 0.5) is 0 Å². The van der Waals surface area contributed by atoms with Crippen LogP contribution in [0.5, 0.6) is 0 Å². The minimum absolute atomic E-state index is 0.0574. The van der Waals surface area contributed by atoms with Crippen molar-refractivity contribution in [3.63, 3.8) is 0 Å². The van der Waals surface area contributed by atoms with Crippen LogP contribution in [-0.4, -0.2) is 37.9 Å². The van der Waals surface area contributed by atoms with Crippen LogP contribution in [-0.2, 0) is 23.8 Å². The van der Waals surface area contributed by atoms with Crippen molar-refractivity contribution in [3.05, 3.63) is 97.2 Å². The molecule has 0 aliphatic heterocycles. The Hall–Kier alpha value is -3.18. The summed E-state index contributed by atoms with van der Waals surface area (Å²) >= 11 is 0. The SMILES string of the molecule is CC/C=C\C/C=C\C/C=C\C/C=C\CCCCCCCCC(=O)OCC(COCCCCCCCCCCCC)OC(=O)CCCC/C=C\C/C=C\C/C=C\C/C=C\CC. The number of unbranched alkanes of at least 4 members (excludes halogenated alkanes) is 17. The molecule has 0 aromatic heterocycles. The van der Waals surface area contributed by atoms with Crippen LogP contribution in [0, 0.1) is 0 Å². The smallest absolute Gasteiger partial charge is 0.306 e.